The van der Waals surface area contributed by atoms with Gasteiger partial charge in [0.05, 0.1) is 19.5 Å². The maximum Gasteiger partial charge on any atom is 0.178 e. The van der Waals surface area contributed by atoms with E-state index >= 15 is 0 Å². The first-order chi connectivity index (χ1) is 41.5. The van der Waals surface area contributed by atoms with Crippen molar-refractivity contribution in [2.45, 2.75) is 26.4 Å². The summed E-state index contributed by atoms with van der Waals surface area (Å²) >= 11 is 6.13. The first kappa shape index (κ1) is 49.3. The van der Waals surface area contributed by atoms with Gasteiger partial charge in [0.15, 0.2) is 69.3 Å². The molecule has 24 heteroatoms. The number of aromatic nitrogens is 8. The Morgan fingerprint density at radius 1 is 0.321 bits per heavy atom. The first-order valence-electron chi connectivity index (χ1n) is 26.9. The van der Waals surface area contributed by atoms with Crippen LogP contribution < -0.4 is 56.8 Å². The fourth-order valence-corrected chi connectivity index (χ4v) is 14.0. The van der Waals surface area contributed by atoms with E-state index in [0.29, 0.717) is 156 Å². The highest BCUT2D eigenvalue weighted by molar-refractivity contribution is 7.11. The van der Waals surface area contributed by atoms with Crippen molar-refractivity contribution in [2.24, 2.45) is 0 Å². The molecule has 0 atom stereocenters. The summed E-state index contributed by atoms with van der Waals surface area (Å²) in [6.07, 6.45) is 0. The molecule has 11 aromatic rings. The second-order valence-corrected chi connectivity index (χ2v) is 23.6. The molecule has 418 valence electrons. The quantitative estimate of drug-likeness (QED) is 0.116. The Morgan fingerprint density at radius 3 is 0.976 bits per heavy atom. The Bertz CT molecular complexity index is 4370. The van der Waals surface area contributed by atoms with Gasteiger partial charge in [-0.1, -0.05) is 0 Å². The summed E-state index contributed by atoms with van der Waals surface area (Å²) in [7, 11) is 0. The number of benzene rings is 4. The molecule has 0 unspecified atom stereocenters. The number of nitrogens with zero attached hydrogens (tertiary/aromatic N) is 6. The molecule has 0 aliphatic carbocycles. The highest BCUT2D eigenvalue weighted by atomic mass is 32.1. The highest BCUT2D eigenvalue weighted by Crippen LogP contribution is 2.46. The zero-order valence-electron chi connectivity index (χ0n) is 43.9. The van der Waals surface area contributed by atoms with E-state index in [1.807, 2.05) is 94.3 Å². The number of H-pyrrole nitrogens is 2. The summed E-state index contributed by atoms with van der Waals surface area (Å²) in [5.74, 6) is 9.81. The highest BCUT2D eigenvalue weighted by Gasteiger charge is 2.27. The molecule has 0 fully saturated rings. The van der Waals surface area contributed by atoms with Crippen LogP contribution in [-0.4, -0.2) is 92.7 Å². The Hall–Kier alpha value is -9.36. The van der Waals surface area contributed by atoms with Gasteiger partial charge in [0, 0.05) is 65.3 Å². The molecule has 20 nitrogen and oxygen atoms in total. The Balaban J connectivity index is 0.833. The van der Waals surface area contributed by atoms with E-state index in [-0.39, 0.29) is 26.4 Å². The van der Waals surface area contributed by atoms with E-state index < -0.39 is 0 Å². The molecular formula is C60H42N8O12S4. The van der Waals surface area contributed by atoms with E-state index in [4.69, 9.17) is 86.7 Å². The molecule has 0 saturated carbocycles. The van der Waals surface area contributed by atoms with E-state index in [9.17, 15) is 0 Å². The van der Waals surface area contributed by atoms with Gasteiger partial charge in [-0.15, -0.1) is 45.3 Å². The molecule has 2 N–H and O–H groups in total. The van der Waals surface area contributed by atoms with Crippen molar-refractivity contribution >= 4 is 89.5 Å². The molecule has 84 heavy (non-hydrogen) atoms. The van der Waals surface area contributed by atoms with Gasteiger partial charge in [-0.2, -0.15) is 0 Å². The lowest BCUT2D eigenvalue weighted by Gasteiger charge is -2.16. The molecule has 4 aromatic carbocycles. The lowest BCUT2D eigenvalue weighted by atomic mass is 10.1. The molecule has 0 amide bonds. The third-order valence-corrected chi connectivity index (χ3v) is 18.4. The molecular weight excluding hydrogens is 1150 g/mol. The van der Waals surface area contributed by atoms with Crippen molar-refractivity contribution in [3.63, 3.8) is 0 Å². The van der Waals surface area contributed by atoms with Crippen LogP contribution in [0.15, 0.2) is 94.3 Å². The van der Waals surface area contributed by atoms with Gasteiger partial charge >= 0.3 is 0 Å². The molecule has 13 heterocycles. The lowest BCUT2D eigenvalue weighted by molar-refractivity contribution is 0.169. The summed E-state index contributed by atoms with van der Waals surface area (Å²) < 4.78 is 73.2. The van der Waals surface area contributed by atoms with Crippen molar-refractivity contribution in [3.8, 4) is 115 Å². The summed E-state index contributed by atoms with van der Waals surface area (Å²) in [5, 5.41) is 10.8. The van der Waals surface area contributed by atoms with Gasteiger partial charge in [0.2, 0.25) is 0 Å². The minimum Gasteiger partial charge on any atom is -0.488 e. The predicted molar refractivity (Wildman–Crippen MR) is 315 cm³/mol. The van der Waals surface area contributed by atoms with E-state index in [1.165, 1.54) is 45.3 Å². The average Bonchev–Trinajstić information content (AvgIpc) is 4.57. The lowest BCUT2D eigenvalue weighted by Crippen LogP contribution is -2.15. The average molecular weight is 1200 g/mol. The van der Waals surface area contributed by atoms with Crippen molar-refractivity contribution in [3.05, 3.63) is 114 Å². The smallest absolute Gasteiger partial charge is 0.178 e. The van der Waals surface area contributed by atoms with Gasteiger partial charge in [-0.05, 0) is 72.8 Å². The van der Waals surface area contributed by atoms with Crippen LogP contribution in [0.3, 0.4) is 0 Å². The van der Waals surface area contributed by atoms with Gasteiger partial charge in [0.1, 0.15) is 125 Å². The maximum atomic E-state index is 6.50. The summed E-state index contributed by atoms with van der Waals surface area (Å²) in [6.45, 7) is 4.99. The van der Waals surface area contributed by atoms with E-state index in [2.05, 4.69) is 9.97 Å². The minimum absolute atomic E-state index is 0.266. The van der Waals surface area contributed by atoms with Crippen molar-refractivity contribution in [1.82, 2.24) is 39.9 Å². The number of ether oxygens (including phenoxy) is 12. The van der Waals surface area contributed by atoms with Gasteiger partial charge in [-0.3, -0.25) is 0 Å². The van der Waals surface area contributed by atoms with Gasteiger partial charge in [0.25, 0.3) is 0 Å². The van der Waals surface area contributed by atoms with Crippen LogP contribution in [0.4, 0.5) is 0 Å². The molecule has 0 saturated heterocycles. The van der Waals surface area contributed by atoms with E-state index in [1.54, 1.807) is 0 Å². The third-order valence-electron chi connectivity index (χ3n) is 14.7. The Labute approximate surface area is 491 Å². The molecule has 0 spiro atoms. The van der Waals surface area contributed by atoms with Crippen LogP contribution in [-0.2, 0) is 26.4 Å². The van der Waals surface area contributed by atoms with Gasteiger partial charge < -0.3 is 66.8 Å². The number of aromatic amines is 2. The van der Waals surface area contributed by atoms with Crippen LogP contribution in [0.25, 0.3) is 89.7 Å². The molecule has 6 aliphatic heterocycles. The SMILES string of the molecule is c1cc2c(cc1OCc1scc3c1OCCO3)-c1nc-2nc2[nH]c(nc3nc(nc4[nH]c(n1)c1ccc(OCc5scc6c5OCCO6)cc41)-c1ccc(OCc4scc5c4OCCO5)cc1-3)c1ccc(OCc3scc4c3OCCO4)cc21. The summed E-state index contributed by atoms with van der Waals surface area (Å²) in [5.41, 5.74) is 4.85. The van der Waals surface area contributed by atoms with Gasteiger partial charge in [-0.25, -0.2) is 29.9 Å². The number of rotatable bonds is 12. The van der Waals surface area contributed by atoms with Crippen LogP contribution in [0.2, 0.25) is 0 Å². The van der Waals surface area contributed by atoms with Crippen LogP contribution in [0, 0.1) is 0 Å². The standard InChI is InChI=1S/C60H42N8O12S4/c1-5-33-37(17-29(1)77-21-45-49-41(25-81-45)69-9-13-73-49)57-61-53(33)65-58-38-18-30(78-22-46-50-42(26-82-46)70-10-14-74-50)2-6-34(38)55(62-58)67-60-40-20-32(80-24-48-52-44(28-84-48)72-12-16-76-52)4-8-36(40)56(64-60)68-59-39-19-31(3-7-35(39)54(63-59)66-57)79-23-47-51-43(27-83-47)71-11-15-75-51/h1-8,17-20,25-28H,9-16,21-24H2,(H2,61,62,63,64,65,66,67,68). The zero-order chi connectivity index (χ0) is 55.2. The molecule has 6 aliphatic rings. The maximum absolute atomic E-state index is 6.50. The normalized spacial score (nSPS) is 14.3. The monoisotopic (exact) mass is 1190 g/mol. The number of nitrogens with one attached hydrogen (secondary N) is 2. The Kier molecular flexibility index (Phi) is 11.9. The molecule has 8 bridgehead atoms. The second-order valence-electron chi connectivity index (χ2n) is 19.8. The topological polar surface area (TPSA) is 220 Å². The van der Waals surface area contributed by atoms with Crippen LogP contribution >= 0.6 is 45.3 Å². The fraction of sp³-hybridized carbons (Fsp3) is 0.200. The number of thiophene rings is 4. The molecule has 7 aromatic heterocycles. The molecule has 0 radical (unpaired) electrons. The third kappa shape index (κ3) is 8.73. The summed E-state index contributed by atoms with van der Waals surface area (Å²) in [4.78, 5) is 42.6. The second kappa shape index (κ2) is 20.2. The predicted octanol–water partition coefficient (Wildman–Crippen LogP) is 12.5. The minimum atomic E-state index is 0.266. The van der Waals surface area contributed by atoms with Crippen LogP contribution in [0.5, 0.6) is 69.0 Å². The Morgan fingerprint density at radius 2 is 0.619 bits per heavy atom. The van der Waals surface area contributed by atoms with Crippen molar-refractivity contribution < 1.29 is 56.8 Å². The zero-order valence-corrected chi connectivity index (χ0v) is 47.2. The van der Waals surface area contributed by atoms with Crippen molar-refractivity contribution in [1.29, 1.82) is 0 Å². The number of hydrogen-bond acceptors (Lipinski definition) is 22. The van der Waals surface area contributed by atoms with Crippen LogP contribution in [0.1, 0.15) is 19.5 Å². The summed E-state index contributed by atoms with van der Waals surface area (Å²) in [6, 6.07) is 23.3. The largest absolute Gasteiger partial charge is 0.488 e. The van der Waals surface area contributed by atoms with E-state index in [0.717, 1.165) is 75.2 Å². The number of hydrogen-bond donors (Lipinski definition) is 2. The van der Waals surface area contributed by atoms with Crippen molar-refractivity contribution in [2.75, 3.05) is 52.9 Å². The fourth-order valence-electron chi connectivity index (χ4n) is 10.7. The first-order valence-corrected chi connectivity index (χ1v) is 30.4. The number of fused-ring (bicyclic) bond motifs is 24. The molecule has 17 rings (SSSR count).